The van der Waals surface area contributed by atoms with E-state index in [-0.39, 0.29) is 5.91 Å². The van der Waals surface area contributed by atoms with Gasteiger partial charge in [0.05, 0.1) is 0 Å². The van der Waals surface area contributed by atoms with Gasteiger partial charge in [0.15, 0.2) is 0 Å². The molecule has 1 amide bonds. The summed E-state index contributed by atoms with van der Waals surface area (Å²) in [6.45, 7) is 2.08. The van der Waals surface area contributed by atoms with E-state index in [1.54, 1.807) is 24.3 Å². The fourth-order valence-electron chi connectivity index (χ4n) is 3.88. The van der Waals surface area contributed by atoms with Crippen LogP contribution >= 0.6 is 23.2 Å². The van der Waals surface area contributed by atoms with Gasteiger partial charge in [-0.3, -0.25) is 4.79 Å². The molecule has 1 saturated heterocycles. The Hall–Kier alpha value is -2.53. The van der Waals surface area contributed by atoms with Crippen LogP contribution in [0.3, 0.4) is 0 Å². The smallest absolute Gasteiger partial charge is 0.255 e. The Morgan fingerprint density at radius 1 is 1.00 bits per heavy atom. The number of likely N-dealkylation sites (N-methyl/N-ethyl adjacent to an activating group) is 1. The van der Waals surface area contributed by atoms with E-state index in [4.69, 9.17) is 23.2 Å². The monoisotopic (exact) mass is 453 g/mol. The second-order valence-corrected chi connectivity index (χ2v) is 8.90. The first-order valence-corrected chi connectivity index (χ1v) is 11.0. The summed E-state index contributed by atoms with van der Waals surface area (Å²) in [6.07, 6.45) is 1.17. The third-order valence-electron chi connectivity index (χ3n) is 5.77. The van der Waals surface area contributed by atoms with Gasteiger partial charge in [-0.05, 0) is 74.6 Å². The highest BCUT2D eigenvalue weighted by molar-refractivity contribution is 6.36. The molecule has 1 aliphatic heterocycles. The molecule has 160 valence electrons. The van der Waals surface area contributed by atoms with E-state index in [1.807, 2.05) is 30.3 Å². The predicted molar refractivity (Wildman–Crippen MR) is 131 cm³/mol. The zero-order valence-electron chi connectivity index (χ0n) is 17.6. The van der Waals surface area contributed by atoms with Gasteiger partial charge >= 0.3 is 0 Å². The molecule has 0 spiro atoms. The molecule has 1 heterocycles. The lowest BCUT2D eigenvalue weighted by molar-refractivity contribution is 0.102. The molecule has 6 heteroatoms. The third kappa shape index (κ3) is 5.04. The Balaban J connectivity index is 1.40. The van der Waals surface area contributed by atoms with E-state index < -0.39 is 0 Å². The first-order chi connectivity index (χ1) is 14.9. The largest absolute Gasteiger partial charge is 0.370 e. The molecule has 0 aliphatic carbocycles. The lowest BCUT2D eigenvalue weighted by Gasteiger charge is -2.22. The Bertz CT molecular complexity index is 1070. The van der Waals surface area contributed by atoms with E-state index in [1.165, 1.54) is 12.1 Å². The summed E-state index contributed by atoms with van der Waals surface area (Å²) < 4.78 is 0. The van der Waals surface area contributed by atoms with Gasteiger partial charge in [-0.2, -0.15) is 0 Å². The molecule has 1 fully saturated rings. The number of benzene rings is 3. The van der Waals surface area contributed by atoms with Crippen molar-refractivity contribution in [3.63, 3.8) is 0 Å². The van der Waals surface area contributed by atoms with Crippen LogP contribution in [-0.2, 0) is 0 Å². The summed E-state index contributed by atoms with van der Waals surface area (Å²) in [7, 11) is 4.26. The van der Waals surface area contributed by atoms with E-state index in [0.717, 1.165) is 29.9 Å². The zero-order chi connectivity index (χ0) is 22.0. The summed E-state index contributed by atoms with van der Waals surface area (Å²) in [5.74, 6) is -0.143. The quantitative estimate of drug-likeness (QED) is 0.510. The molecule has 3 aromatic carbocycles. The number of nitrogens with zero attached hydrogens (tertiary/aromatic N) is 2. The van der Waals surface area contributed by atoms with Crippen molar-refractivity contribution < 1.29 is 4.79 Å². The van der Waals surface area contributed by atoms with Gasteiger partial charge in [0.1, 0.15) is 0 Å². The molecule has 4 rings (SSSR count). The topological polar surface area (TPSA) is 35.6 Å². The Labute approximate surface area is 193 Å². The van der Waals surface area contributed by atoms with Crippen molar-refractivity contribution in [2.24, 2.45) is 0 Å². The zero-order valence-corrected chi connectivity index (χ0v) is 19.1. The molecule has 31 heavy (non-hydrogen) atoms. The molecule has 3 aromatic rings. The average molecular weight is 454 g/mol. The molecule has 0 aromatic heterocycles. The van der Waals surface area contributed by atoms with Gasteiger partial charge in [0, 0.05) is 51.7 Å². The van der Waals surface area contributed by atoms with E-state index in [0.29, 0.717) is 21.7 Å². The number of carbonyl (C=O) groups excluding carboxylic acids is 1. The lowest BCUT2D eigenvalue weighted by atomic mass is 10.0. The molecule has 1 atom stereocenters. The first kappa shape index (κ1) is 21.7. The van der Waals surface area contributed by atoms with Gasteiger partial charge in [-0.1, -0.05) is 41.4 Å². The van der Waals surface area contributed by atoms with Crippen LogP contribution in [-0.4, -0.2) is 44.0 Å². The van der Waals surface area contributed by atoms with Gasteiger partial charge in [0.2, 0.25) is 0 Å². The number of hydrogen-bond acceptors (Lipinski definition) is 3. The maximum Gasteiger partial charge on any atom is 0.255 e. The van der Waals surface area contributed by atoms with Crippen LogP contribution in [0.15, 0.2) is 66.7 Å². The average Bonchev–Trinajstić information content (AvgIpc) is 3.25. The highest BCUT2D eigenvalue weighted by Gasteiger charge is 2.24. The molecule has 0 radical (unpaired) electrons. The molecule has 0 saturated carbocycles. The number of hydrogen-bond donors (Lipinski definition) is 1. The van der Waals surface area contributed by atoms with Crippen LogP contribution in [0.5, 0.6) is 0 Å². The maximum atomic E-state index is 12.7. The van der Waals surface area contributed by atoms with Crippen molar-refractivity contribution in [3.05, 3.63) is 82.3 Å². The predicted octanol–water partition coefficient (Wildman–Crippen LogP) is 6.05. The van der Waals surface area contributed by atoms with Crippen LogP contribution in [0.25, 0.3) is 11.1 Å². The standard InChI is InChI=1S/C25H25Cl2N3O/c1-29(2)22-13-14-30(16-22)21-10-8-20(9-11-21)28-25(31)18-5-3-17(4-6-18)23-12-7-19(26)15-24(23)27/h3-12,15,22H,13-14,16H2,1-2H3,(H,28,31). The minimum absolute atomic E-state index is 0.143. The van der Waals surface area contributed by atoms with Crippen molar-refractivity contribution in [2.75, 3.05) is 37.4 Å². The molecule has 0 bridgehead atoms. The molecule has 1 aliphatic rings. The number of anilines is 2. The van der Waals surface area contributed by atoms with Gasteiger partial charge in [-0.25, -0.2) is 0 Å². The highest BCUT2D eigenvalue weighted by Crippen LogP contribution is 2.30. The highest BCUT2D eigenvalue weighted by atomic mass is 35.5. The number of halogens is 2. The number of nitrogens with one attached hydrogen (secondary N) is 1. The fraction of sp³-hybridized carbons (Fsp3) is 0.240. The number of rotatable bonds is 5. The lowest BCUT2D eigenvalue weighted by Crippen LogP contribution is -2.31. The van der Waals surface area contributed by atoms with Crippen molar-refractivity contribution in [2.45, 2.75) is 12.5 Å². The Morgan fingerprint density at radius 3 is 2.32 bits per heavy atom. The van der Waals surface area contributed by atoms with Crippen LogP contribution in [0.1, 0.15) is 16.8 Å². The first-order valence-electron chi connectivity index (χ1n) is 10.3. The summed E-state index contributed by atoms with van der Waals surface area (Å²) in [5, 5.41) is 4.15. The summed E-state index contributed by atoms with van der Waals surface area (Å²) in [6, 6.07) is 21.4. The Kier molecular flexibility index (Phi) is 6.51. The van der Waals surface area contributed by atoms with E-state index in [2.05, 4.69) is 41.3 Å². The third-order valence-corrected chi connectivity index (χ3v) is 6.32. The summed E-state index contributed by atoms with van der Waals surface area (Å²) >= 11 is 12.3. The van der Waals surface area contributed by atoms with Crippen LogP contribution in [0.4, 0.5) is 11.4 Å². The van der Waals surface area contributed by atoms with Crippen molar-refractivity contribution in [3.8, 4) is 11.1 Å². The number of amides is 1. The van der Waals surface area contributed by atoms with Crippen LogP contribution in [0, 0.1) is 0 Å². The summed E-state index contributed by atoms with van der Waals surface area (Å²) in [5.41, 5.74) is 4.37. The molecular weight excluding hydrogens is 429 g/mol. The van der Waals surface area contributed by atoms with Crippen molar-refractivity contribution in [1.82, 2.24) is 4.90 Å². The molecule has 1 unspecified atom stereocenters. The molecule has 1 N–H and O–H groups in total. The van der Waals surface area contributed by atoms with Crippen LogP contribution in [0.2, 0.25) is 10.0 Å². The van der Waals surface area contributed by atoms with Gasteiger partial charge in [-0.15, -0.1) is 0 Å². The van der Waals surface area contributed by atoms with Crippen molar-refractivity contribution in [1.29, 1.82) is 0 Å². The minimum Gasteiger partial charge on any atom is -0.370 e. The van der Waals surface area contributed by atoms with Crippen LogP contribution < -0.4 is 10.2 Å². The maximum absolute atomic E-state index is 12.7. The van der Waals surface area contributed by atoms with E-state index in [9.17, 15) is 4.79 Å². The summed E-state index contributed by atoms with van der Waals surface area (Å²) in [4.78, 5) is 17.3. The van der Waals surface area contributed by atoms with Gasteiger partial charge < -0.3 is 15.1 Å². The minimum atomic E-state index is -0.143. The fourth-order valence-corrected chi connectivity index (χ4v) is 4.40. The Morgan fingerprint density at radius 2 is 1.71 bits per heavy atom. The van der Waals surface area contributed by atoms with Gasteiger partial charge in [0.25, 0.3) is 5.91 Å². The normalized spacial score (nSPS) is 16.0. The second-order valence-electron chi connectivity index (χ2n) is 8.05. The van der Waals surface area contributed by atoms with E-state index >= 15 is 0 Å². The van der Waals surface area contributed by atoms with Crippen molar-refractivity contribution >= 4 is 40.5 Å². The second kappa shape index (κ2) is 9.31. The molecule has 4 nitrogen and oxygen atoms in total. The SMILES string of the molecule is CN(C)C1CCN(c2ccc(NC(=O)c3ccc(-c4ccc(Cl)cc4Cl)cc3)cc2)C1. The number of carbonyl (C=O) groups is 1. The molecular formula is C25H25Cl2N3O.